The molecule has 0 atom stereocenters. The lowest BCUT2D eigenvalue weighted by Crippen LogP contribution is -2.50. The highest BCUT2D eigenvalue weighted by atomic mass is 16.5. The summed E-state index contributed by atoms with van der Waals surface area (Å²) in [4.78, 5) is 21.9. The van der Waals surface area contributed by atoms with Gasteiger partial charge in [0.15, 0.2) is 11.4 Å². The van der Waals surface area contributed by atoms with Gasteiger partial charge in [0.2, 0.25) is 5.91 Å². The van der Waals surface area contributed by atoms with Crippen molar-refractivity contribution in [3.8, 4) is 17.0 Å². The average Bonchev–Trinajstić information content (AvgIpc) is 3.36. The Morgan fingerprint density at radius 2 is 2.12 bits per heavy atom. The van der Waals surface area contributed by atoms with Crippen LogP contribution in [0.4, 0.5) is 0 Å². The van der Waals surface area contributed by atoms with E-state index >= 15 is 0 Å². The number of amides is 1. The van der Waals surface area contributed by atoms with Crippen molar-refractivity contribution in [3.05, 3.63) is 47.9 Å². The first-order chi connectivity index (χ1) is 15.5. The second-order valence-electron chi connectivity index (χ2n) is 8.72. The molecule has 0 unspecified atom stereocenters. The van der Waals surface area contributed by atoms with Crippen molar-refractivity contribution in [1.29, 1.82) is 0 Å². The lowest BCUT2D eigenvalue weighted by molar-refractivity contribution is -0.134. The van der Waals surface area contributed by atoms with E-state index < -0.39 is 0 Å². The summed E-state index contributed by atoms with van der Waals surface area (Å²) >= 11 is 0. The number of methoxy groups -OCH3 is 1. The second-order valence-corrected chi connectivity index (χ2v) is 8.72. The normalized spacial score (nSPS) is 14.5. The topological polar surface area (TPSA) is 87.5 Å². The number of likely N-dealkylation sites (N-methyl/N-ethyl adjacent to an activating group) is 1. The first kappa shape index (κ1) is 20.5. The summed E-state index contributed by atoms with van der Waals surface area (Å²) < 4.78 is 7.32. The van der Waals surface area contributed by atoms with Crippen LogP contribution in [0.1, 0.15) is 36.8 Å². The van der Waals surface area contributed by atoms with Crippen LogP contribution in [-0.2, 0) is 4.79 Å². The molecule has 1 aliphatic heterocycles. The summed E-state index contributed by atoms with van der Waals surface area (Å²) in [5.41, 5.74) is 6.43. The molecule has 8 nitrogen and oxygen atoms in total. The van der Waals surface area contributed by atoms with Gasteiger partial charge in [0.25, 0.3) is 0 Å². The van der Waals surface area contributed by atoms with Crippen molar-refractivity contribution in [2.45, 2.75) is 25.7 Å². The largest absolute Gasteiger partial charge is 0.493 e. The van der Waals surface area contributed by atoms with Crippen molar-refractivity contribution < 1.29 is 9.53 Å². The molecule has 8 heteroatoms. The predicted molar refractivity (Wildman–Crippen MR) is 124 cm³/mol. The quantitative estimate of drug-likeness (QED) is 0.489. The molecule has 4 heterocycles. The van der Waals surface area contributed by atoms with Gasteiger partial charge in [-0.3, -0.25) is 4.79 Å². The van der Waals surface area contributed by atoms with E-state index in [9.17, 15) is 4.79 Å². The number of carbonyl (C=O) groups excluding carboxylic acids is 1. The van der Waals surface area contributed by atoms with Crippen molar-refractivity contribution >= 4 is 22.5 Å². The van der Waals surface area contributed by atoms with Crippen LogP contribution in [0.25, 0.3) is 27.8 Å². The first-order valence-electron chi connectivity index (χ1n) is 11.0. The number of pyridine rings is 1. The molecule has 4 aromatic rings. The minimum atomic E-state index is 0.161. The Balaban J connectivity index is 1.54. The Morgan fingerprint density at radius 1 is 1.31 bits per heavy atom. The number of ether oxygens (including phenoxy) is 1. The van der Waals surface area contributed by atoms with Gasteiger partial charge >= 0.3 is 0 Å². The SMILES string of the molecule is CNCC(=O)N1CC(c2ccc3[nH]c(-c4cc(OC)c5ncnn5c4)c(C(C)C)c3c2)C1. The number of aromatic amines is 1. The van der Waals surface area contributed by atoms with E-state index in [0.29, 0.717) is 29.8 Å². The van der Waals surface area contributed by atoms with Gasteiger partial charge in [0.1, 0.15) is 6.33 Å². The Hall–Kier alpha value is -3.39. The molecule has 2 N–H and O–H groups in total. The van der Waals surface area contributed by atoms with Gasteiger partial charge in [0, 0.05) is 41.7 Å². The maximum absolute atomic E-state index is 12.1. The van der Waals surface area contributed by atoms with E-state index in [0.717, 1.165) is 29.9 Å². The highest BCUT2D eigenvalue weighted by molar-refractivity contribution is 5.92. The summed E-state index contributed by atoms with van der Waals surface area (Å²) in [7, 11) is 3.45. The molecule has 1 fully saturated rings. The highest BCUT2D eigenvalue weighted by Gasteiger charge is 2.31. The number of carbonyl (C=O) groups is 1. The number of H-pyrrole nitrogens is 1. The fourth-order valence-corrected chi connectivity index (χ4v) is 4.65. The minimum absolute atomic E-state index is 0.161. The lowest BCUT2D eigenvalue weighted by Gasteiger charge is -2.39. The zero-order valence-electron chi connectivity index (χ0n) is 18.8. The van der Waals surface area contributed by atoms with Crippen molar-refractivity contribution in [2.75, 3.05) is 33.8 Å². The molecule has 5 rings (SSSR count). The Kier molecular flexibility index (Phi) is 5.09. The number of nitrogens with zero attached hydrogens (tertiary/aromatic N) is 4. The fourth-order valence-electron chi connectivity index (χ4n) is 4.65. The van der Waals surface area contributed by atoms with Gasteiger partial charge in [-0.05, 0) is 42.3 Å². The van der Waals surface area contributed by atoms with Crippen LogP contribution in [0.5, 0.6) is 5.75 Å². The molecule has 0 aliphatic carbocycles. The molecule has 1 aliphatic rings. The van der Waals surface area contributed by atoms with Crippen LogP contribution in [0.15, 0.2) is 36.8 Å². The number of likely N-dealkylation sites (tertiary alicyclic amines) is 1. The Labute approximate surface area is 186 Å². The van der Waals surface area contributed by atoms with E-state index in [1.807, 2.05) is 17.2 Å². The molecular weight excluding hydrogens is 404 g/mol. The predicted octanol–water partition coefficient (Wildman–Crippen LogP) is 3.15. The fraction of sp³-hybridized carbons (Fsp3) is 0.375. The molecule has 3 aromatic heterocycles. The number of benzene rings is 1. The summed E-state index contributed by atoms with van der Waals surface area (Å²) in [5.74, 6) is 1.55. The van der Waals surface area contributed by atoms with Crippen molar-refractivity contribution in [1.82, 2.24) is 29.8 Å². The summed E-state index contributed by atoms with van der Waals surface area (Å²) in [5, 5.41) is 8.47. The summed E-state index contributed by atoms with van der Waals surface area (Å²) in [6, 6.07) is 8.64. The number of fused-ring (bicyclic) bond motifs is 2. The standard InChI is InChI=1S/C24H28N6O2/c1-14(2)22-18-7-15(17-10-29(11-17)21(31)9-25-3)5-6-19(18)28-23(22)16-8-20(32-4)24-26-13-27-30(24)12-16/h5-8,12-14,17,25,28H,9-11H2,1-4H3. The van der Waals surface area contributed by atoms with Crippen molar-refractivity contribution in [2.24, 2.45) is 0 Å². The van der Waals surface area contributed by atoms with E-state index in [-0.39, 0.29) is 5.91 Å². The Bertz CT molecular complexity index is 1300. The monoisotopic (exact) mass is 432 g/mol. The van der Waals surface area contributed by atoms with E-state index in [1.54, 1.807) is 18.7 Å². The maximum atomic E-state index is 12.1. The van der Waals surface area contributed by atoms with Crippen LogP contribution in [0.3, 0.4) is 0 Å². The lowest BCUT2D eigenvalue weighted by atomic mass is 9.89. The van der Waals surface area contributed by atoms with Crippen LogP contribution >= 0.6 is 0 Å². The van der Waals surface area contributed by atoms with Gasteiger partial charge in [-0.2, -0.15) is 5.10 Å². The Morgan fingerprint density at radius 3 is 2.84 bits per heavy atom. The van der Waals surface area contributed by atoms with Gasteiger partial charge in [0.05, 0.1) is 19.3 Å². The van der Waals surface area contributed by atoms with Gasteiger partial charge < -0.3 is 19.9 Å². The molecule has 0 radical (unpaired) electrons. The molecule has 1 saturated heterocycles. The summed E-state index contributed by atoms with van der Waals surface area (Å²) in [6.07, 6.45) is 3.52. The van der Waals surface area contributed by atoms with Crippen LogP contribution in [0, 0.1) is 0 Å². The number of aromatic nitrogens is 4. The van der Waals surface area contributed by atoms with Crippen molar-refractivity contribution in [3.63, 3.8) is 0 Å². The molecule has 166 valence electrons. The van der Waals surface area contributed by atoms with E-state index in [1.165, 1.54) is 22.8 Å². The van der Waals surface area contributed by atoms with E-state index in [2.05, 4.69) is 52.4 Å². The van der Waals surface area contributed by atoms with E-state index in [4.69, 9.17) is 4.74 Å². The second kappa shape index (κ2) is 7.94. The number of rotatable bonds is 6. The maximum Gasteiger partial charge on any atom is 0.236 e. The molecule has 1 aromatic carbocycles. The molecular formula is C24H28N6O2. The van der Waals surface area contributed by atoms with Crippen LogP contribution in [-0.4, -0.2) is 64.2 Å². The minimum Gasteiger partial charge on any atom is -0.493 e. The van der Waals surface area contributed by atoms with Gasteiger partial charge in [-0.1, -0.05) is 19.9 Å². The first-order valence-corrected chi connectivity index (χ1v) is 11.0. The zero-order chi connectivity index (χ0) is 22.4. The third kappa shape index (κ3) is 3.31. The third-order valence-corrected chi connectivity index (χ3v) is 6.32. The molecule has 0 bridgehead atoms. The van der Waals surface area contributed by atoms with Crippen LogP contribution < -0.4 is 10.1 Å². The highest BCUT2D eigenvalue weighted by Crippen LogP contribution is 2.39. The molecule has 0 spiro atoms. The molecule has 0 saturated carbocycles. The van der Waals surface area contributed by atoms with Gasteiger partial charge in [-0.15, -0.1) is 0 Å². The van der Waals surface area contributed by atoms with Gasteiger partial charge in [-0.25, -0.2) is 9.50 Å². The zero-order valence-corrected chi connectivity index (χ0v) is 18.8. The third-order valence-electron chi connectivity index (χ3n) is 6.32. The molecule has 32 heavy (non-hydrogen) atoms. The number of hydrogen-bond acceptors (Lipinski definition) is 5. The molecule has 1 amide bonds. The smallest absolute Gasteiger partial charge is 0.236 e. The number of hydrogen-bond donors (Lipinski definition) is 2. The van der Waals surface area contributed by atoms with Crippen LogP contribution in [0.2, 0.25) is 0 Å². The number of nitrogens with one attached hydrogen (secondary N) is 2. The average molecular weight is 433 g/mol. The summed E-state index contributed by atoms with van der Waals surface area (Å²) in [6.45, 7) is 6.38.